The Bertz CT molecular complexity index is 1260. The fourth-order valence-electron chi connectivity index (χ4n) is 3.97. The average Bonchev–Trinajstić information content (AvgIpc) is 3.56. The van der Waals surface area contributed by atoms with Gasteiger partial charge in [0.2, 0.25) is 16.0 Å². The van der Waals surface area contributed by atoms with E-state index in [2.05, 4.69) is 15.3 Å². The molecule has 1 saturated carbocycles. The highest BCUT2D eigenvalue weighted by Gasteiger charge is 2.70. The van der Waals surface area contributed by atoms with E-state index in [-0.39, 0.29) is 22.9 Å². The summed E-state index contributed by atoms with van der Waals surface area (Å²) < 4.78 is 40.7. The van der Waals surface area contributed by atoms with E-state index < -0.39 is 32.0 Å². The number of nitrogens with one attached hydrogen (secondary N) is 1. The van der Waals surface area contributed by atoms with E-state index in [9.17, 15) is 17.6 Å². The Kier molecular flexibility index (Phi) is 4.51. The largest absolute Gasteiger partial charge is 0.369 e. The molecule has 1 unspecified atom stereocenters. The van der Waals surface area contributed by atoms with Crippen molar-refractivity contribution in [1.29, 1.82) is 5.26 Å². The first-order chi connectivity index (χ1) is 14.6. The molecule has 2 aliphatic rings. The molecule has 1 amide bonds. The topological polar surface area (TPSA) is 142 Å². The molecular formula is C20H19FN6O3S. The molecule has 1 atom stereocenters. The molecule has 0 bridgehead atoms. The van der Waals surface area contributed by atoms with Gasteiger partial charge in [-0.3, -0.25) is 4.79 Å². The van der Waals surface area contributed by atoms with Crippen LogP contribution in [0.4, 0.5) is 10.1 Å². The van der Waals surface area contributed by atoms with Crippen molar-refractivity contribution in [2.24, 2.45) is 10.7 Å². The molecule has 4 rings (SSSR count). The Balaban J connectivity index is 1.73. The Morgan fingerprint density at radius 3 is 2.61 bits per heavy atom. The lowest BCUT2D eigenvalue weighted by molar-refractivity contribution is 0.102. The van der Waals surface area contributed by atoms with Gasteiger partial charge in [0.15, 0.2) is 0 Å². The van der Waals surface area contributed by atoms with Crippen molar-refractivity contribution in [3.8, 4) is 6.07 Å². The zero-order valence-electron chi connectivity index (χ0n) is 16.8. The van der Waals surface area contributed by atoms with Gasteiger partial charge in [0.25, 0.3) is 5.91 Å². The lowest BCUT2D eigenvalue weighted by Gasteiger charge is -2.42. The van der Waals surface area contributed by atoms with Crippen LogP contribution in [0.25, 0.3) is 0 Å². The van der Waals surface area contributed by atoms with Crippen molar-refractivity contribution in [2.45, 2.75) is 30.1 Å². The molecule has 0 radical (unpaired) electrons. The molecule has 11 heteroatoms. The molecule has 31 heavy (non-hydrogen) atoms. The number of aromatic nitrogens is 1. The number of nitrogens with two attached hydrogens (primary N) is 1. The highest BCUT2D eigenvalue weighted by atomic mass is 32.2. The van der Waals surface area contributed by atoms with Crippen molar-refractivity contribution < 1.29 is 17.6 Å². The number of aliphatic imine (C=N–C) groups is 1. The predicted octanol–water partition coefficient (Wildman–Crippen LogP) is 1.68. The van der Waals surface area contributed by atoms with Crippen LogP contribution in [-0.2, 0) is 15.6 Å². The number of hydrogen-bond donors (Lipinski definition) is 2. The monoisotopic (exact) mass is 442 g/mol. The van der Waals surface area contributed by atoms with Crippen LogP contribution < -0.4 is 11.1 Å². The van der Waals surface area contributed by atoms with Gasteiger partial charge in [0.1, 0.15) is 27.9 Å². The van der Waals surface area contributed by atoms with E-state index in [1.165, 1.54) is 37.5 Å². The summed E-state index contributed by atoms with van der Waals surface area (Å²) in [7, 11) is -2.52. The quantitative estimate of drug-likeness (QED) is 0.741. The molecular weight excluding hydrogens is 423 g/mol. The minimum atomic E-state index is -3.85. The summed E-state index contributed by atoms with van der Waals surface area (Å²) in [5.41, 5.74) is 5.04. The van der Waals surface area contributed by atoms with Gasteiger partial charge in [0, 0.05) is 24.5 Å². The highest BCUT2D eigenvalue weighted by molar-refractivity contribution is 7.91. The fraction of sp³-hybridized carbons (Fsp3) is 0.300. The number of hydrogen-bond acceptors (Lipinski definition) is 7. The lowest BCUT2D eigenvalue weighted by Crippen LogP contribution is -2.58. The summed E-state index contributed by atoms with van der Waals surface area (Å²) in [5.74, 6) is -1.44. The van der Waals surface area contributed by atoms with E-state index in [0.717, 1.165) is 10.4 Å². The number of carbonyl (C=O) groups excluding carboxylic acids is 1. The second kappa shape index (κ2) is 6.75. The lowest BCUT2D eigenvalue weighted by atomic mass is 9.86. The zero-order valence-corrected chi connectivity index (χ0v) is 17.6. The first kappa shape index (κ1) is 20.7. The number of amides is 1. The molecule has 9 nitrogen and oxygen atoms in total. The summed E-state index contributed by atoms with van der Waals surface area (Å²) in [5, 5.41) is 11.5. The minimum absolute atomic E-state index is 0.0233. The molecule has 1 aromatic heterocycles. The third-order valence-corrected chi connectivity index (χ3v) is 8.68. The molecule has 1 aromatic carbocycles. The van der Waals surface area contributed by atoms with Crippen LogP contribution in [-0.4, -0.2) is 41.4 Å². The summed E-state index contributed by atoms with van der Waals surface area (Å²) in [6.07, 6.45) is 1.90. The van der Waals surface area contributed by atoms with E-state index >= 15 is 0 Å². The second-order valence-corrected chi connectivity index (χ2v) is 9.98. The normalized spacial score (nSPS) is 23.0. The van der Waals surface area contributed by atoms with Crippen LogP contribution in [0.1, 0.15) is 41.4 Å². The standard InChI is InChI=1S/C20H19FN6O3S/c1-19(20(7-8-20)31(29,30)27(2)18(23)26-19)14-9-13(4-5-15(14)21)25-17(28)16-6-3-12(10-22)11-24-16/h3-6,9,11H,7-8H2,1-2H3,(H2,23,26)(H,25,28). The predicted molar refractivity (Wildman–Crippen MR) is 111 cm³/mol. The van der Waals surface area contributed by atoms with Gasteiger partial charge in [-0.1, -0.05) is 0 Å². The number of rotatable bonds is 3. The zero-order chi connectivity index (χ0) is 22.6. The van der Waals surface area contributed by atoms with Crippen molar-refractivity contribution in [3.05, 3.63) is 59.2 Å². The highest BCUT2D eigenvalue weighted by Crippen LogP contribution is 2.60. The SMILES string of the molecule is CN1C(N)=NC(C)(c2cc(NC(=O)c3ccc(C#N)cn3)ccc2F)C2(CC2)S1(=O)=O. The van der Waals surface area contributed by atoms with Crippen LogP contribution in [0.5, 0.6) is 0 Å². The Morgan fingerprint density at radius 2 is 2.03 bits per heavy atom. The maximum absolute atomic E-state index is 14.9. The molecule has 1 aliphatic heterocycles. The summed E-state index contributed by atoms with van der Waals surface area (Å²) in [6.45, 7) is 1.55. The van der Waals surface area contributed by atoms with Crippen molar-refractivity contribution in [3.63, 3.8) is 0 Å². The van der Waals surface area contributed by atoms with Crippen molar-refractivity contribution in [2.75, 3.05) is 12.4 Å². The van der Waals surface area contributed by atoms with Crippen LogP contribution in [0, 0.1) is 17.1 Å². The van der Waals surface area contributed by atoms with Gasteiger partial charge in [-0.05, 0) is 50.1 Å². The van der Waals surface area contributed by atoms with Crippen LogP contribution in [0.15, 0.2) is 41.5 Å². The molecule has 2 aromatic rings. The molecule has 1 spiro atoms. The third-order valence-electron chi connectivity index (χ3n) is 5.98. The Labute approximate surface area is 178 Å². The number of pyridine rings is 1. The van der Waals surface area contributed by atoms with Gasteiger partial charge in [0.05, 0.1) is 5.56 Å². The maximum atomic E-state index is 14.9. The number of nitrogens with zero attached hydrogens (tertiary/aromatic N) is 4. The van der Waals surface area contributed by atoms with Crippen LogP contribution >= 0.6 is 0 Å². The van der Waals surface area contributed by atoms with Gasteiger partial charge in [-0.2, -0.15) is 5.26 Å². The van der Waals surface area contributed by atoms with Crippen molar-refractivity contribution in [1.82, 2.24) is 9.29 Å². The van der Waals surface area contributed by atoms with Gasteiger partial charge < -0.3 is 11.1 Å². The maximum Gasteiger partial charge on any atom is 0.274 e. The molecule has 0 saturated heterocycles. The van der Waals surface area contributed by atoms with Crippen LogP contribution in [0.3, 0.4) is 0 Å². The minimum Gasteiger partial charge on any atom is -0.369 e. The van der Waals surface area contributed by atoms with Crippen LogP contribution in [0.2, 0.25) is 0 Å². The number of nitriles is 1. The number of anilines is 1. The Hall–Kier alpha value is -3.52. The fourth-order valence-corrected chi connectivity index (χ4v) is 6.05. The molecule has 1 fully saturated rings. The summed E-state index contributed by atoms with van der Waals surface area (Å²) >= 11 is 0. The van der Waals surface area contributed by atoms with Gasteiger partial charge in [-0.15, -0.1) is 0 Å². The van der Waals surface area contributed by atoms with E-state index in [1.54, 1.807) is 6.92 Å². The van der Waals surface area contributed by atoms with Gasteiger partial charge in [-0.25, -0.2) is 27.1 Å². The molecule has 160 valence electrons. The molecule has 1 aliphatic carbocycles. The molecule has 3 N–H and O–H groups in total. The summed E-state index contributed by atoms with van der Waals surface area (Å²) in [4.78, 5) is 20.8. The molecule has 2 heterocycles. The van der Waals surface area contributed by atoms with Crippen molar-refractivity contribution >= 4 is 27.6 Å². The third kappa shape index (κ3) is 2.94. The second-order valence-electron chi connectivity index (χ2n) is 7.70. The summed E-state index contributed by atoms with van der Waals surface area (Å²) in [6, 6.07) is 8.64. The number of sulfonamides is 1. The first-order valence-corrected chi connectivity index (χ1v) is 10.8. The number of halogens is 1. The van der Waals surface area contributed by atoms with E-state index in [4.69, 9.17) is 11.0 Å². The average molecular weight is 442 g/mol. The number of guanidine groups is 1. The van der Waals surface area contributed by atoms with E-state index in [1.807, 2.05) is 6.07 Å². The smallest absolute Gasteiger partial charge is 0.274 e. The van der Waals surface area contributed by atoms with Gasteiger partial charge >= 0.3 is 0 Å². The number of carbonyl (C=O) groups is 1. The first-order valence-electron chi connectivity index (χ1n) is 9.37. The number of benzene rings is 1. The Morgan fingerprint density at radius 1 is 1.32 bits per heavy atom. The van der Waals surface area contributed by atoms with E-state index in [0.29, 0.717) is 18.4 Å².